The largest absolute Gasteiger partial charge is 0.390 e. The molecule has 1 aliphatic rings. The molecule has 2 amide bonds. The van der Waals surface area contributed by atoms with Gasteiger partial charge in [-0.3, -0.25) is 0 Å². The van der Waals surface area contributed by atoms with Crippen LogP contribution in [-0.2, 0) is 13.0 Å². The first kappa shape index (κ1) is 16.3. The minimum absolute atomic E-state index is 0.293. The smallest absolute Gasteiger partial charge is 0.315 e. The summed E-state index contributed by atoms with van der Waals surface area (Å²) in [6.45, 7) is 0.402. The van der Waals surface area contributed by atoms with Crippen LogP contribution in [0.3, 0.4) is 0 Å². The second-order valence-electron chi connectivity index (χ2n) is 6.19. The average Bonchev–Trinajstić information content (AvgIpc) is 2.89. The maximum absolute atomic E-state index is 12.2. The van der Waals surface area contributed by atoms with Gasteiger partial charge in [-0.15, -0.1) is 0 Å². The molecule has 1 aromatic heterocycles. The molecule has 6 nitrogen and oxygen atoms in total. The van der Waals surface area contributed by atoms with E-state index in [2.05, 4.69) is 15.6 Å². The van der Waals surface area contributed by atoms with Crippen LogP contribution in [-0.4, -0.2) is 36.3 Å². The van der Waals surface area contributed by atoms with Crippen molar-refractivity contribution in [3.63, 3.8) is 0 Å². The van der Waals surface area contributed by atoms with Crippen LogP contribution in [0.2, 0.25) is 0 Å². The molecule has 0 saturated carbocycles. The molecule has 0 fully saturated rings. The second kappa shape index (κ2) is 6.88. The first-order valence-electron chi connectivity index (χ1n) is 7.97. The molecular weight excluding hydrogens is 304 g/mol. The third-order valence-corrected chi connectivity index (χ3v) is 4.21. The van der Waals surface area contributed by atoms with E-state index in [1.807, 2.05) is 55.4 Å². The number of pyridine rings is 1. The number of benzene rings is 1. The van der Waals surface area contributed by atoms with Crippen molar-refractivity contribution >= 4 is 11.8 Å². The molecule has 0 radical (unpaired) electrons. The molecule has 2 aromatic rings. The van der Waals surface area contributed by atoms with E-state index in [-0.39, 0.29) is 12.1 Å². The fraction of sp³-hybridized carbons (Fsp3) is 0.333. The van der Waals surface area contributed by atoms with Crippen molar-refractivity contribution < 1.29 is 9.90 Å². The number of hydrogen-bond acceptors (Lipinski definition) is 4. The molecule has 24 heavy (non-hydrogen) atoms. The summed E-state index contributed by atoms with van der Waals surface area (Å²) in [5, 5.41) is 15.9. The lowest BCUT2D eigenvalue weighted by molar-refractivity contribution is 0.142. The van der Waals surface area contributed by atoms with Gasteiger partial charge in [-0.2, -0.15) is 0 Å². The lowest BCUT2D eigenvalue weighted by atomic mass is 10.1. The van der Waals surface area contributed by atoms with Gasteiger partial charge in [0.1, 0.15) is 5.82 Å². The molecule has 126 valence electrons. The Balaban J connectivity index is 1.59. The third-order valence-electron chi connectivity index (χ3n) is 4.21. The summed E-state index contributed by atoms with van der Waals surface area (Å²) in [6.07, 6.45) is 1.70. The average molecular weight is 326 g/mol. The summed E-state index contributed by atoms with van der Waals surface area (Å²) in [7, 11) is 3.84. The van der Waals surface area contributed by atoms with Crippen molar-refractivity contribution in [3.8, 4) is 0 Å². The number of fused-ring (bicyclic) bond motifs is 1. The van der Waals surface area contributed by atoms with Crippen molar-refractivity contribution in [2.75, 3.05) is 19.0 Å². The molecule has 0 bridgehead atoms. The first-order valence-corrected chi connectivity index (χ1v) is 7.97. The Morgan fingerprint density at radius 1 is 1.33 bits per heavy atom. The van der Waals surface area contributed by atoms with Crippen molar-refractivity contribution in [2.45, 2.75) is 25.1 Å². The number of hydrogen-bond donors (Lipinski definition) is 3. The van der Waals surface area contributed by atoms with E-state index >= 15 is 0 Å². The zero-order chi connectivity index (χ0) is 17.1. The number of carbonyl (C=O) groups excluding carboxylic acids is 1. The molecule has 3 N–H and O–H groups in total. The number of aromatic nitrogens is 1. The predicted octanol–water partition coefficient (Wildman–Crippen LogP) is 1.61. The Hall–Kier alpha value is -2.60. The second-order valence-corrected chi connectivity index (χ2v) is 6.19. The lowest BCUT2D eigenvalue weighted by Gasteiger charge is -2.18. The van der Waals surface area contributed by atoms with Crippen LogP contribution in [0, 0.1) is 0 Å². The van der Waals surface area contributed by atoms with Gasteiger partial charge < -0.3 is 20.6 Å². The summed E-state index contributed by atoms with van der Waals surface area (Å²) < 4.78 is 0. The fourth-order valence-corrected chi connectivity index (χ4v) is 2.94. The number of urea groups is 1. The normalized spacial score (nSPS) is 18.8. The highest BCUT2D eigenvalue weighted by Crippen LogP contribution is 2.31. The summed E-state index contributed by atoms with van der Waals surface area (Å²) >= 11 is 0. The monoisotopic (exact) mass is 326 g/mol. The molecule has 0 spiro atoms. The van der Waals surface area contributed by atoms with Crippen LogP contribution in [0.1, 0.15) is 22.7 Å². The maximum Gasteiger partial charge on any atom is 0.315 e. The highest BCUT2D eigenvalue weighted by Gasteiger charge is 2.31. The zero-order valence-electron chi connectivity index (χ0n) is 13.9. The van der Waals surface area contributed by atoms with E-state index in [4.69, 9.17) is 0 Å². The first-order chi connectivity index (χ1) is 11.5. The summed E-state index contributed by atoms with van der Waals surface area (Å²) in [4.78, 5) is 18.3. The van der Waals surface area contributed by atoms with E-state index in [1.54, 1.807) is 6.20 Å². The minimum atomic E-state index is -0.589. The van der Waals surface area contributed by atoms with Crippen molar-refractivity contribution in [1.82, 2.24) is 15.6 Å². The number of nitrogens with zero attached hydrogens (tertiary/aromatic N) is 2. The number of anilines is 1. The van der Waals surface area contributed by atoms with Gasteiger partial charge in [0.25, 0.3) is 0 Å². The Kier molecular flexibility index (Phi) is 4.66. The Labute approximate surface area is 141 Å². The third kappa shape index (κ3) is 3.49. The molecular formula is C18H22N4O2. The van der Waals surface area contributed by atoms with Gasteiger partial charge in [-0.25, -0.2) is 9.78 Å². The highest BCUT2D eigenvalue weighted by molar-refractivity contribution is 5.74. The number of aliphatic hydroxyl groups is 1. The molecule has 1 aliphatic carbocycles. The van der Waals surface area contributed by atoms with Crippen LogP contribution >= 0.6 is 0 Å². The molecule has 0 unspecified atom stereocenters. The van der Waals surface area contributed by atoms with E-state index in [1.165, 1.54) is 0 Å². The molecule has 3 rings (SSSR count). The highest BCUT2D eigenvalue weighted by atomic mass is 16.3. The van der Waals surface area contributed by atoms with Crippen LogP contribution in [0.15, 0.2) is 42.6 Å². The SMILES string of the molecule is CN(C)c1cc(CNC(=O)N[C@@H]2c3ccccc3C[C@@H]2O)ccn1. The quantitative estimate of drug-likeness (QED) is 0.798. The summed E-state index contributed by atoms with van der Waals surface area (Å²) in [6, 6.07) is 10.9. The van der Waals surface area contributed by atoms with Crippen molar-refractivity contribution in [1.29, 1.82) is 0 Å². The van der Waals surface area contributed by atoms with Gasteiger partial charge in [0, 0.05) is 33.3 Å². The molecule has 6 heteroatoms. The molecule has 1 aromatic carbocycles. The maximum atomic E-state index is 12.2. The van der Waals surface area contributed by atoms with Gasteiger partial charge in [0.05, 0.1) is 12.1 Å². The van der Waals surface area contributed by atoms with Gasteiger partial charge in [0.2, 0.25) is 0 Å². The van der Waals surface area contributed by atoms with E-state index in [9.17, 15) is 9.90 Å². The van der Waals surface area contributed by atoms with Crippen LogP contribution < -0.4 is 15.5 Å². The standard InChI is InChI=1S/C18H22N4O2/c1-22(2)16-9-12(7-8-19-16)11-20-18(24)21-17-14-6-4-3-5-13(14)10-15(17)23/h3-9,15,17,23H,10-11H2,1-2H3,(H2,20,21,24)/t15-,17+/m0/s1. The van der Waals surface area contributed by atoms with Crippen LogP contribution in [0.25, 0.3) is 0 Å². The number of carbonyl (C=O) groups is 1. The van der Waals surface area contributed by atoms with E-state index in [0.29, 0.717) is 13.0 Å². The van der Waals surface area contributed by atoms with Crippen LogP contribution in [0.4, 0.5) is 10.6 Å². The lowest BCUT2D eigenvalue weighted by Crippen LogP contribution is -2.40. The number of nitrogens with one attached hydrogen (secondary N) is 2. The topological polar surface area (TPSA) is 77.5 Å². The molecule has 2 atom stereocenters. The molecule has 1 heterocycles. The van der Waals surface area contributed by atoms with E-state index in [0.717, 1.165) is 22.5 Å². The van der Waals surface area contributed by atoms with Gasteiger partial charge in [0.15, 0.2) is 0 Å². The van der Waals surface area contributed by atoms with Crippen LogP contribution in [0.5, 0.6) is 0 Å². The molecule has 0 saturated heterocycles. The summed E-state index contributed by atoms with van der Waals surface area (Å²) in [5.74, 6) is 0.842. The Morgan fingerprint density at radius 3 is 2.92 bits per heavy atom. The van der Waals surface area contributed by atoms with E-state index < -0.39 is 6.10 Å². The van der Waals surface area contributed by atoms with Gasteiger partial charge in [-0.05, 0) is 28.8 Å². The van der Waals surface area contributed by atoms with Crippen molar-refractivity contribution in [3.05, 3.63) is 59.3 Å². The minimum Gasteiger partial charge on any atom is -0.390 e. The van der Waals surface area contributed by atoms with Gasteiger partial charge >= 0.3 is 6.03 Å². The van der Waals surface area contributed by atoms with Crippen molar-refractivity contribution in [2.24, 2.45) is 0 Å². The Morgan fingerprint density at radius 2 is 2.12 bits per heavy atom. The number of amides is 2. The molecule has 0 aliphatic heterocycles. The fourth-order valence-electron chi connectivity index (χ4n) is 2.94. The number of rotatable bonds is 4. The zero-order valence-corrected chi connectivity index (χ0v) is 13.9. The summed E-state index contributed by atoms with van der Waals surface area (Å²) in [5.41, 5.74) is 3.04. The van der Waals surface area contributed by atoms with Gasteiger partial charge in [-0.1, -0.05) is 24.3 Å². The Bertz CT molecular complexity index is 732. The number of aliphatic hydroxyl groups excluding tert-OH is 1. The predicted molar refractivity (Wildman–Crippen MR) is 92.8 cm³/mol.